The van der Waals surface area contributed by atoms with Gasteiger partial charge in [-0.25, -0.2) is 8.78 Å². The summed E-state index contributed by atoms with van der Waals surface area (Å²) in [6.07, 6.45) is 0. The van der Waals surface area contributed by atoms with Crippen molar-refractivity contribution in [2.24, 2.45) is 0 Å². The van der Waals surface area contributed by atoms with E-state index < -0.39 is 17.5 Å². The van der Waals surface area contributed by atoms with Crippen LogP contribution in [0, 0.1) is 11.6 Å². The van der Waals surface area contributed by atoms with Crippen LogP contribution in [0.15, 0.2) is 34.8 Å². The SMILES string of the molecule is COc1cc(C(=O)Nc2cc(F)cc(F)c2)cc(OC)c1Br. The number of nitrogens with one attached hydrogen (secondary N) is 1. The molecule has 2 aromatic rings. The molecule has 0 radical (unpaired) electrons. The lowest BCUT2D eigenvalue weighted by molar-refractivity contribution is 0.102. The normalized spacial score (nSPS) is 10.2. The van der Waals surface area contributed by atoms with E-state index in [4.69, 9.17) is 9.47 Å². The smallest absolute Gasteiger partial charge is 0.255 e. The Kier molecular flexibility index (Phi) is 4.97. The number of hydrogen-bond donors (Lipinski definition) is 1. The number of amides is 1. The number of anilines is 1. The molecule has 2 rings (SSSR count). The van der Waals surface area contributed by atoms with Crippen molar-refractivity contribution >= 4 is 27.5 Å². The molecular formula is C15H12BrF2NO3. The zero-order valence-electron chi connectivity index (χ0n) is 11.7. The van der Waals surface area contributed by atoms with E-state index in [9.17, 15) is 13.6 Å². The Labute approximate surface area is 134 Å². The molecular weight excluding hydrogens is 360 g/mol. The quantitative estimate of drug-likeness (QED) is 0.883. The van der Waals surface area contributed by atoms with Crippen LogP contribution in [0.5, 0.6) is 11.5 Å². The van der Waals surface area contributed by atoms with Gasteiger partial charge in [-0.05, 0) is 40.2 Å². The van der Waals surface area contributed by atoms with Crippen molar-refractivity contribution < 1.29 is 23.0 Å². The van der Waals surface area contributed by atoms with Crippen LogP contribution < -0.4 is 14.8 Å². The highest BCUT2D eigenvalue weighted by Gasteiger charge is 2.15. The summed E-state index contributed by atoms with van der Waals surface area (Å²) in [6, 6.07) is 5.74. The number of halogens is 3. The summed E-state index contributed by atoms with van der Waals surface area (Å²) in [5.41, 5.74) is 0.241. The van der Waals surface area contributed by atoms with Gasteiger partial charge in [0.25, 0.3) is 5.91 Å². The maximum absolute atomic E-state index is 13.1. The molecule has 0 aliphatic carbocycles. The van der Waals surface area contributed by atoms with Crippen molar-refractivity contribution in [3.63, 3.8) is 0 Å². The Morgan fingerprint density at radius 1 is 1.00 bits per heavy atom. The summed E-state index contributed by atoms with van der Waals surface area (Å²) in [7, 11) is 2.90. The molecule has 1 N–H and O–H groups in total. The zero-order chi connectivity index (χ0) is 16.3. The van der Waals surface area contributed by atoms with Crippen LogP contribution in [-0.2, 0) is 0 Å². The van der Waals surface area contributed by atoms with Gasteiger partial charge in [0.15, 0.2) is 0 Å². The molecule has 0 fully saturated rings. The van der Waals surface area contributed by atoms with Gasteiger partial charge in [0.05, 0.1) is 14.2 Å². The summed E-state index contributed by atoms with van der Waals surface area (Å²) in [5.74, 6) is -1.30. The Balaban J connectivity index is 2.33. The molecule has 4 nitrogen and oxygen atoms in total. The molecule has 0 spiro atoms. The molecule has 0 atom stereocenters. The summed E-state index contributed by atoms with van der Waals surface area (Å²) in [4.78, 5) is 12.2. The van der Waals surface area contributed by atoms with Crippen LogP contribution in [0.3, 0.4) is 0 Å². The first kappa shape index (κ1) is 16.2. The number of rotatable bonds is 4. The van der Waals surface area contributed by atoms with Gasteiger partial charge in [-0.3, -0.25) is 4.79 Å². The Hall–Kier alpha value is -2.15. The number of methoxy groups -OCH3 is 2. The predicted octanol–water partition coefficient (Wildman–Crippen LogP) is 4.00. The van der Waals surface area contributed by atoms with Crippen molar-refractivity contribution in [2.45, 2.75) is 0 Å². The van der Waals surface area contributed by atoms with Gasteiger partial charge < -0.3 is 14.8 Å². The molecule has 2 aromatic carbocycles. The summed E-state index contributed by atoms with van der Waals surface area (Å²) in [6.45, 7) is 0. The average molecular weight is 372 g/mol. The number of carbonyl (C=O) groups excluding carboxylic acids is 1. The highest BCUT2D eigenvalue weighted by molar-refractivity contribution is 9.10. The maximum Gasteiger partial charge on any atom is 0.255 e. The van der Waals surface area contributed by atoms with E-state index in [1.54, 1.807) is 0 Å². The lowest BCUT2D eigenvalue weighted by atomic mass is 10.1. The molecule has 0 saturated carbocycles. The monoisotopic (exact) mass is 371 g/mol. The van der Waals surface area contributed by atoms with E-state index in [1.165, 1.54) is 26.4 Å². The second-order valence-corrected chi connectivity index (χ2v) is 5.10. The molecule has 0 unspecified atom stereocenters. The minimum atomic E-state index is -0.777. The van der Waals surface area contributed by atoms with Gasteiger partial charge in [0.2, 0.25) is 0 Å². The molecule has 1 amide bonds. The van der Waals surface area contributed by atoms with Crippen LogP contribution in [0.1, 0.15) is 10.4 Å². The minimum absolute atomic E-state index is 0.0170. The summed E-state index contributed by atoms with van der Waals surface area (Å²) < 4.78 is 37.1. The Morgan fingerprint density at radius 3 is 1.95 bits per heavy atom. The van der Waals surface area contributed by atoms with Crippen molar-refractivity contribution in [1.29, 1.82) is 0 Å². The van der Waals surface area contributed by atoms with Crippen LogP contribution in [0.2, 0.25) is 0 Å². The largest absolute Gasteiger partial charge is 0.495 e. The fraction of sp³-hybridized carbons (Fsp3) is 0.133. The molecule has 116 valence electrons. The molecule has 22 heavy (non-hydrogen) atoms. The van der Waals surface area contributed by atoms with E-state index in [-0.39, 0.29) is 11.3 Å². The summed E-state index contributed by atoms with van der Waals surface area (Å²) >= 11 is 3.29. The van der Waals surface area contributed by atoms with Gasteiger partial charge in [-0.1, -0.05) is 0 Å². The third-order valence-corrected chi connectivity index (χ3v) is 3.61. The Morgan fingerprint density at radius 2 is 1.50 bits per heavy atom. The van der Waals surface area contributed by atoms with E-state index >= 15 is 0 Å². The van der Waals surface area contributed by atoms with Gasteiger partial charge in [-0.15, -0.1) is 0 Å². The van der Waals surface area contributed by atoms with Crippen molar-refractivity contribution in [2.75, 3.05) is 19.5 Å². The molecule has 0 bridgehead atoms. The van der Waals surface area contributed by atoms with Gasteiger partial charge in [0.1, 0.15) is 27.6 Å². The second-order valence-electron chi connectivity index (χ2n) is 4.31. The second kappa shape index (κ2) is 6.74. The topological polar surface area (TPSA) is 47.6 Å². The Bertz CT molecular complexity index is 677. The molecule has 0 aliphatic heterocycles. The summed E-state index contributed by atoms with van der Waals surface area (Å²) in [5, 5.41) is 2.42. The minimum Gasteiger partial charge on any atom is -0.495 e. The van der Waals surface area contributed by atoms with Crippen molar-refractivity contribution in [1.82, 2.24) is 0 Å². The lowest BCUT2D eigenvalue weighted by Gasteiger charge is -2.12. The van der Waals surface area contributed by atoms with E-state index in [2.05, 4.69) is 21.2 Å². The maximum atomic E-state index is 13.1. The third kappa shape index (κ3) is 3.54. The number of benzene rings is 2. The van der Waals surface area contributed by atoms with Crippen LogP contribution in [0.25, 0.3) is 0 Å². The molecule has 0 saturated heterocycles. The number of ether oxygens (including phenoxy) is 2. The molecule has 0 aromatic heterocycles. The fourth-order valence-corrected chi connectivity index (χ4v) is 2.38. The molecule has 0 aliphatic rings. The van der Waals surface area contributed by atoms with Gasteiger partial charge in [-0.2, -0.15) is 0 Å². The van der Waals surface area contributed by atoms with Crippen molar-refractivity contribution in [3.05, 3.63) is 52.0 Å². The highest BCUT2D eigenvalue weighted by atomic mass is 79.9. The van der Waals surface area contributed by atoms with E-state index in [0.29, 0.717) is 16.0 Å². The van der Waals surface area contributed by atoms with Crippen LogP contribution >= 0.6 is 15.9 Å². The predicted molar refractivity (Wildman–Crippen MR) is 81.6 cm³/mol. The molecule has 0 heterocycles. The van der Waals surface area contributed by atoms with Gasteiger partial charge in [0, 0.05) is 17.3 Å². The lowest BCUT2D eigenvalue weighted by Crippen LogP contribution is -2.12. The average Bonchev–Trinajstić information content (AvgIpc) is 2.46. The number of carbonyl (C=O) groups is 1. The first-order valence-corrected chi connectivity index (χ1v) is 6.93. The van der Waals surface area contributed by atoms with E-state index in [0.717, 1.165) is 18.2 Å². The first-order chi connectivity index (χ1) is 10.4. The first-order valence-electron chi connectivity index (χ1n) is 6.13. The van der Waals surface area contributed by atoms with Crippen LogP contribution in [-0.4, -0.2) is 20.1 Å². The van der Waals surface area contributed by atoms with E-state index in [1.807, 2.05) is 0 Å². The standard InChI is InChI=1S/C15H12BrF2NO3/c1-21-12-3-8(4-13(22-2)14(12)16)15(20)19-11-6-9(17)5-10(18)7-11/h3-7H,1-2H3,(H,19,20). The van der Waals surface area contributed by atoms with Crippen molar-refractivity contribution in [3.8, 4) is 11.5 Å². The fourth-order valence-electron chi connectivity index (χ4n) is 1.83. The zero-order valence-corrected chi connectivity index (χ0v) is 13.3. The van der Waals surface area contributed by atoms with Crippen LogP contribution in [0.4, 0.5) is 14.5 Å². The number of hydrogen-bond acceptors (Lipinski definition) is 3. The molecule has 7 heteroatoms. The van der Waals surface area contributed by atoms with Gasteiger partial charge >= 0.3 is 0 Å². The highest BCUT2D eigenvalue weighted by Crippen LogP contribution is 2.35. The third-order valence-electron chi connectivity index (χ3n) is 2.83.